The number of phenolic OH excluding ortho intramolecular Hbond substituents is 1. The molecule has 0 heterocycles. The van der Waals surface area contributed by atoms with E-state index in [-0.39, 0.29) is 29.7 Å². The first-order valence-electron chi connectivity index (χ1n) is 12.9. The number of carbonyl (C=O) groups is 5. The van der Waals surface area contributed by atoms with Crippen LogP contribution in [-0.2, 0) is 25.6 Å². The highest BCUT2D eigenvalue weighted by molar-refractivity contribution is 6.83. The summed E-state index contributed by atoms with van der Waals surface area (Å²) in [5, 5.41) is 22.9. The maximum absolute atomic E-state index is 14.0. The van der Waals surface area contributed by atoms with Crippen LogP contribution in [0.2, 0.25) is 19.6 Å². The van der Waals surface area contributed by atoms with Gasteiger partial charge in [-0.3, -0.25) is 28.9 Å². The molecule has 4 rings (SSSR count). The Labute approximate surface area is 228 Å². The molecule has 3 aliphatic carbocycles. The molecule has 0 saturated heterocycles. The van der Waals surface area contributed by atoms with Gasteiger partial charge >= 0.3 is 0 Å². The second kappa shape index (κ2) is 9.40. The number of hydrogen-bond donors (Lipinski definition) is 3. The Balaban J connectivity index is 1.91. The lowest BCUT2D eigenvalue weighted by molar-refractivity contribution is -0.181. The van der Waals surface area contributed by atoms with Gasteiger partial charge in [-0.05, 0) is 44.5 Å². The van der Waals surface area contributed by atoms with Crippen LogP contribution in [-0.4, -0.2) is 92.1 Å². The number of rotatable bonds is 3. The Morgan fingerprint density at radius 1 is 1.10 bits per heavy atom. The fourth-order valence-corrected chi connectivity index (χ4v) is 6.91. The minimum absolute atomic E-state index is 0.00864. The number of phenols is 1. The molecule has 0 radical (unpaired) electrons. The van der Waals surface area contributed by atoms with E-state index < -0.39 is 72.4 Å². The van der Waals surface area contributed by atoms with Crippen LogP contribution in [0.4, 0.5) is 5.69 Å². The molecule has 2 unspecified atom stereocenters. The zero-order valence-electron chi connectivity index (χ0n) is 23.3. The molecular weight excluding hydrogens is 518 g/mol. The molecule has 39 heavy (non-hydrogen) atoms. The first kappa shape index (κ1) is 28.7. The number of aromatic hydroxyl groups is 1. The predicted octanol–water partition coefficient (Wildman–Crippen LogP) is 0.162. The molecule has 3 aliphatic rings. The number of amides is 1. The minimum Gasteiger partial charge on any atom is -0.506 e. The zero-order chi connectivity index (χ0) is 29.4. The van der Waals surface area contributed by atoms with Crippen LogP contribution in [0.15, 0.2) is 6.07 Å². The van der Waals surface area contributed by atoms with Gasteiger partial charge in [-0.1, -0.05) is 25.6 Å². The third-order valence-electron chi connectivity index (χ3n) is 8.09. The average molecular weight is 554 g/mol. The first-order valence-corrected chi connectivity index (χ1v) is 16.4. The first-order chi connectivity index (χ1) is 17.9. The third kappa shape index (κ3) is 4.31. The van der Waals surface area contributed by atoms with Crippen molar-refractivity contribution < 1.29 is 34.2 Å². The van der Waals surface area contributed by atoms with Crippen LogP contribution < -0.4 is 10.6 Å². The van der Waals surface area contributed by atoms with E-state index in [1.807, 2.05) is 19.6 Å². The van der Waals surface area contributed by atoms with E-state index in [2.05, 4.69) is 11.5 Å². The van der Waals surface area contributed by atoms with Crippen LogP contribution >= 0.6 is 0 Å². The molecular formula is C28H35N3O7Si. The topological polar surface area (TPSA) is 158 Å². The maximum Gasteiger partial charge on any atom is 0.235 e. The van der Waals surface area contributed by atoms with Crippen molar-refractivity contribution in [1.29, 1.82) is 0 Å². The van der Waals surface area contributed by atoms with Crippen LogP contribution in [0.5, 0.6) is 5.75 Å². The van der Waals surface area contributed by atoms with Crippen molar-refractivity contribution in [3.63, 3.8) is 0 Å². The average Bonchev–Trinajstić information content (AvgIpc) is 2.79. The normalized spacial score (nSPS) is 30.2. The summed E-state index contributed by atoms with van der Waals surface area (Å²) in [4.78, 5) is 70.0. The van der Waals surface area contributed by atoms with E-state index in [4.69, 9.17) is 5.73 Å². The Hall–Kier alpha value is -3.33. The summed E-state index contributed by atoms with van der Waals surface area (Å²) in [5.41, 5.74) is 7.22. The van der Waals surface area contributed by atoms with Gasteiger partial charge in [0.05, 0.1) is 23.1 Å². The Kier molecular flexibility index (Phi) is 6.91. The highest BCUT2D eigenvalue weighted by atomic mass is 28.3. The highest BCUT2D eigenvalue weighted by Gasteiger charge is 2.69. The molecule has 2 saturated carbocycles. The lowest BCUT2D eigenvalue weighted by Crippen LogP contribution is -2.74. The summed E-state index contributed by atoms with van der Waals surface area (Å²) in [6.07, 6.45) is 0.212. The Bertz CT molecular complexity index is 1380. The molecule has 1 aromatic carbocycles. The van der Waals surface area contributed by atoms with Gasteiger partial charge in [0.15, 0.2) is 34.7 Å². The number of likely N-dealkylation sites (N-methyl/N-ethyl adjacent to an activating group) is 1. The number of Topliss-reactive ketones (excluding diaryl/α,β-unsaturated/α-hetero) is 4. The highest BCUT2D eigenvalue weighted by Crippen LogP contribution is 2.52. The smallest absolute Gasteiger partial charge is 0.235 e. The molecule has 208 valence electrons. The number of aliphatic hydroxyl groups is 1. The number of benzene rings is 1. The maximum atomic E-state index is 14.0. The fraction of sp³-hybridized carbons (Fsp3) is 0.536. The van der Waals surface area contributed by atoms with Crippen molar-refractivity contribution in [2.45, 2.75) is 44.1 Å². The number of fused-ring (bicyclic) bond motifs is 3. The van der Waals surface area contributed by atoms with Crippen molar-refractivity contribution in [2.24, 2.45) is 29.4 Å². The van der Waals surface area contributed by atoms with Gasteiger partial charge in [0, 0.05) is 25.7 Å². The minimum atomic E-state index is -2.74. The summed E-state index contributed by atoms with van der Waals surface area (Å²) < 4.78 is 0. The van der Waals surface area contributed by atoms with E-state index in [1.54, 1.807) is 39.2 Å². The number of carbonyl (C=O) groups excluding carboxylic acids is 5. The van der Waals surface area contributed by atoms with E-state index in [0.29, 0.717) is 11.3 Å². The number of anilines is 1. The predicted molar refractivity (Wildman–Crippen MR) is 146 cm³/mol. The number of ketones is 4. The number of hydrogen-bond acceptors (Lipinski definition) is 9. The fourth-order valence-electron chi connectivity index (χ4n) is 6.40. The van der Waals surface area contributed by atoms with Gasteiger partial charge in [-0.2, -0.15) is 0 Å². The molecule has 0 aromatic heterocycles. The van der Waals surface area contributed by atoms with E-state index >= 15 is 0 Å². The van der Waals surface area contributed by atoms with Gasteiger partial charge in [-0.15, -0.1) is 5.54 Å². The van der Waals surface area contributed by atoms with Crippen LogP contribution in [0.25, 0.3) is 0 Å². The SMILES string of the molecule is CN(C)c1cc(C#C[Si](C)(C)C)c(O)c2c1C[C@H]1C[C@H]3[C@H](N(C)C)C(=O)C(C(N)=O)C(=O)[C@@]3(O)C(=O)C1C2=O. The van der Waals surface area contributed by atoms with Gasteiger partial charge in [0.2, 0.25) is 5.91 Å². The largest absolute Gasteiger partial charge is 0.506 e. The Morgan fingerprint density at radius 3 is 2.23 bits per heavy atom. The van der Waals surface area contributed by atoms with Crippen molar-refractivity contribution in [2.75, 3.05) is 33.1 Å². The molecule has 2 fully saturated rings. The molecule has 11 heteroatoms. The lowest BCUT2D eigenvalue weighted by atomic mass is 9.52. The number of nitrogens with two attached hydrogens (primary N) is 1. The molecule has 0 bridgehead atoms. The summed E-state index contributed by atoms with van der Waals surface area (Å²) >= 11 is 0. The molecule has 0 spiro atoms. The van der Waals surface area contributed by atoms with Crippen LogP contribution in [0.1, 0.15) is 27.9 Å². The Morgan fingerprint density at radius 2 is 1.72 bits per heavy atom. The second-order valence-corrected chi connectivity index (χ2v) is 17.1. The number of primary amides is 1. The second-order valence-electron chi connectivity index (χ2n) is 12.3. The molecule has 10 nitrogen and oxygen atoms in total. The summed E-state index contributed by atoms with van der Waals surface area (Å²) in [5.74, 6) is -7.62. The molecule has 1 amide bonds. The summed E-state index contributed by atoms with van der Waals surface area (Å²) in [6.45, 7) is 6.13. The van der Waals surface area contributed by atoms with Gasteiger partial charge in [0.1, 0.15) is 13.8 Å². The molecule has 1 aromatic rings. The van der Waals surface area contributed by atoms with E-state index in [9.17, 15) is 34.2 Å². The quantitative estimate of drug-likeness (QED) is 0.269. The molecule has 6 atom stereocenters. The van der Waals surface area contributed by atoms with Crippen LogP contribution in [0.3, 0.4) is 0 Å². The van der Waals surface area contributed by atoms with Crippen molar-refractivity contribution in [1.82, 2.24) is 4.90 Å². The standard InChI is InChI=1S/C28H35N3O7Si/c1-30(2)17-12-13(8-9-39(5,6)7)22(32)19-15(17)10-14-11-16-21(31(3)4)24(34)20(27(29)37)26(36)28(16,38)25(35)18(14)23(19)33/h12,14,16,18,20-21,32,38H,10-11H2,1-7H3,(H2,29,37)/t14-,16-,18?,20?,21-,28-/m0/s1. The van der Waals surface area contributed by atoms with Gasteiger partial charge in [-0.25, -0.2) is 0 Å². The van der Waals surface area contributed by atoms with Crippen molar-refractivity contribution in [3.8, 4) is 17.2 Å². The van der Waals surface area contributed by atoms with E-state index in [1.165, 1.54) is 4.90 Å². The summed E-state index contributed by atoms with van der Waals surface area (Å²) in [7, 11) is 4.87. The number of nitrogens with zero attached hydrogens (tertiary/aromatic N) is 2. The molecule has 0 aliphatic heterocycles. The van der Waals surface area contributed by atoms with Gasteiger partial charge in [0.25, 0.3) is 0 Å². The summed E-state index contributed by atoms with van der Waals surface area (Å²) in [6, 6.07) is 0.594. The third-order valence-corrected chi connectivity index (χ3v) is 8.97. The molecule has 4 N–H and O–H groups in total. The van der Waals surface area contributed by atoms with Crippen molar-refractivity contribution in [3.05, 3.63) is 22.8 Å². The van der Waals surface area contributed by atoms with E-state index in [0.717, 1.165) is 0 Å². The van der Waals surface area contributed by atoms with Crippen LogP contribution in [0, 0.1) is 35.1 Å². The lowest BCUT2D eigenvalue weighted by Gasteiger charge is -2.52. The van der Waals surface area contributed by atoms with Crippen molar-refractivity contribution >= 4 is 42.8 Å². The van der Waals surface area contributed by atoms with Gasteiger partial charge < -0.3 is 20.8 Å². The zero-order valence-corrected chi connectivity index (χ0v) is 24.3. The monoisotopic (exact) mass is 553 g/mol.